The minimum Gasteiger partial charge on any atom is -0.273 e. The summed E-state index contributed by atoms with van der Waals surface area (Å²) in [6, 6.07) is 0. The first-order valence-corrected chi connectivity index (χ1v) is 5.11. The molecule has 0 atom stereocenters. The minimum absolute atomic E-state index is 0.00634. The molecule has 1 aliphatic carbocycles. The highest BCUT2D eigenvalue weighted by Gasteiger charge is 2.26. The fraction of sp³-hybridized carbons (Fsp3) is 0.636. The molecule has 0 heterocycles. The lowest BCUT2D eigenvalue weighted by Crippen LogP contribution is -2.31. The smallest absolute Gasteiger partial charge is 0.238 e. The van der Waals surface area contributed by atoms with Gasteiger partial charge in [-0.1, -0.05) is 18.9 Å². The number of nitriles is 1. The van der Waals surface area contributed by atoms with Crippen molar-refractivity contribution in [3.05, 3.63) is 12.7 Å². The molecule has 0 N–H and O–H groups in total. The van der Waals surface area contributed by atoms with Crippen LogP contribution in [-0.2, 0) is 4.79 Å². The lowest BCUT2D eigenvalue weighted by Gasteiger charge is -2.16. The van der Waals surface area contributed by atoms with Crippen LogP contribution in [0.3, 0.4) is 0 Å². The van der Waals surface area contributed by atoms with Crippen molar-refractivity contribution in [1.82, 2.24) is 4.90 Å². The van der Waals surface area contributed by atoms with Gasteiger partial charge < -0.3 is 0 Å². The lowest BCUT2D eigenvalue weighted by atomic mass is 10.1. The number of nitrogens with zero attached hydrogens (tertiary/aromatic N) is 2. The SMILES string of the molecule is C=CCCN(C#N)C(=O)C1CCCC1. The highest BCUT2D eigenvalue weighted by atomic mass is 16.2. The molecule has 76 valence electrons. The van der Waals surface area contributed by atoms with Gasteiger partial charge in [0.15, 0.2) is 6.19 Å². The molecule has 1 amide bonds. The molecule has 0 unspecified atom stereocenters. The zero-order valence-corrected chi connectivity index (χ0v) is 8.41. The summed E-state index contributed by atoms with van der Waals surface area (Å²) in [5, 5.41) is 8.80. The Labute approximate surface area is 85.0 Å². The van der Waals surface area contributed by atoms with Crippen molar-refractivity contribution < 1.29 is 4.79 Å². The maximum Gasteiger partial charge on any atom is 0.238 e. The van der Waals surface area contributed by atoms with E-state index in [1.54, 1.807) is 6.08 Å². The predicted octanol–water partition coefficient (Wildman–Crippen LogP) is 2.06. The molecule has 1 fully saturated rings. The second-order valence-electron chi connectivity index (χ2n) is 3.65. The standard InChI is InChI=1S/C11H16N2O/c1-2-3-8-13(9-12)11(14)10-6-4-5-7-10/h2,10H,1,3-8H2. The summed E-state index contributed by atoms with van der Waals surface area (Å²) >= 11 is 0. The highest BCUT2D eigenvalue weighted by Crippen LogP contribution is 2.26. The van der Waals surface area contributed by atoms with Crippen molar-refractivity contribution in [2.24, 2.45) is 5.92 Å². The van der Waals surface area contributed by atoms with E-state index in [1.807, 2.05) is 6.19 Å². The molecule has 0 bridgehead atoms. The van der Waals surface area contributed by atoms with E-state index in [-0.39, 0.29) is 11.8 Å². The molecule has 1 rings (SSSR count). The zero-order chi connectivity index (χ0) is 10.4. The molecule has 1 aliphatic rings. The third kappa shape index (κ3) is 2.59. The molecule has 0 aliphatic heterocycles. The van der Waals surface area contributed by atoms with Crippen molar-refractivity contribution in [3.63, 3.8) is 0 Å². The van der Waals surface area contributed by atoms with Gasteiger partial charge in [-0.25, -0.2) is 4.90 Å². The maximum atomic E-state index is 11.8. The van der Waals surface area contributed by atoms with Gasteiger partial charge >= 0.3 is 0 Å². The Morgan fingerprint density at radius 1 is 1.57 bits per heavy atom. The number of carbonyl (C=O) groups excluding carboxylic acids is 1. The van der Waals surface area contributed by atoms with Gasteiger partial charge in [-0.2, -0.15) is 5.26 Å². The molecule has 0 saturated heterocycles. The van der Waals surface area contributed by atoms with Crippen LogP contribution in [0.2, 0.25) is 0 Å². The van der Waals surface area contributed by atoms with Crippen LogP contribution < -0.4 is 0 Å². The first kappa shape index (κ1) is 10.8. The van der Waals surface area contributed by atoms with E-state index in [1.165, 1.54) is 4.90 Å². The molecular weight excluding hydrogens is 176 g/mol. The third-order valence-electron chi connectivity index (χ3n) is 2.65. The third-order valence-corrected chi connectivity index (χ3v) is 2.65. The zero-order valence-electron chi connectivity index (χ0n) is 8.41. The van der Waals surface area contributed by atoms with Crippen molar-refractivity contribution >= 4 is 5.91 Å². The molecule has 1 saturated carbocycles. The molecule has 14 heavy (non-hydrogen) atoms. The van der Waals surface area contributed by atoms with Gasteiger partial charge in [0, 0.05) is 12.5 Å². The van der Waals surface area contributed by atoms with Gasteiger partial charge in [-0.15, -0.1) is 6.58 Å². The molecule has 0 aromatic carbocycles. The molecule has 0 aromatic rings. The van der Waals surface area contributed by atoms with Gasteiger partial charge in [-0.3, -0.25) is 4.79 Å². The lowest BCUT2D eigenvalue weighted by molar-refractivity contribution is -0.132. The summed E-state index contributed by atoms with van der Waals surface area (Å²) in [7, 11) is 0. The van der Waals surface area contributed by atoms with Crippen molar-refractivity contribution in [2.45, 2.75) is 32.1 Å². The molecule has 0 radical (unpaired) electrons. The van der Waals surface area contributed by atoms with Crippen molar-refractivity contribution in [2.75, 3.05) is 6.54 Å². The summed E-state index contributed by atoms with van der Waals surface area (Å²) in [5.41, 5.74) is 0. The topological polar surface area (TPSA) is 44.1 Å². The molecule has 0 aromatic heterocycles. The number of rotatable bonds is 4. The van der Waals surface area contributed by atoms with Crippen LogP contribution in [0, 0.1) is 17.4 Å². The van der Waals surface area contributed by atoms with Gasteiger partial charge in [0.25, 0.3) is 0 Å². The Hall–Kier alpha value is -1.30. The summed E-state index contributed by atoms with van der Waals surface area (Å²) in [4.78, 5) is 13.0. The predicted molar refractivity (Wildman–Crippen MR) is 54.1 cm³/mol. The van der Waals surface area contributed by atoms with Crippen LogP contribution >= 0.6 is 0 Å². The van der Waals surface area contributed by atoms with E-state index >= 15 is 0 Å². The van der Waals surface area contributed by atoms with Gasteiger partial charge in [0.1, 0.15) is 0 Å². The maximum absolute atomic E-state index is 11.8. The average molecular weight is 192 g/mol. The summed E-state index contributed by atoms with van der Waals surface area (Å²) < 4.78 is 0. The first-order chi connectivity index (χ1) is 6.79. The second-order valence-corrected chi connectivity index (χ2v) is 3.65. The van der Waals surface area contributed by atoms with Crippen LogP contribution in [0.4, 0.5) is 0 Å². The first-order valence-electron chi connectivity index (χ1n) is 5.11. The van der Waals surface area contributed by atoms with Crippen molar-refractivity contribution in [3.8, 4) is 6.19 Å². The van der Waals surface area contributed by atoms with Crippen LogP contribution in [0.25, 0.3) is 0 Å². The van der Waals surface area contributed by atoms with Gasteiger partial charge in [0.2, 0.25) is 5.91 Å². The number of hydrogen-bond donors (Lipinski definition) is 0. The average Bonchev–Trinajstić information content (AvgIpc) is 2.71. The van der Waals surface area contributed by atoms with E-state index in [4.69, 9.17) is 5.26 Å². The van der Waals surface area contributed by atoms with E-state index in [9.17, 15) is 4.79 Å². The van der Waals surface area contributed by atoms with E-state index < -0.39 is 0 Å². The molecule has 3 heteroatoms. The largest absolute Gasteiger partial charge is 0.273 e. The van der Waals surface area contributed by atoms with E-state index in [2.05, 4.69) is 6.58 Å². The molecule has 3 nitrogen and oxygen atoms in total. The number of carbonyl (C=O) groups is 1. The number of hydrogen-bond acceptors (Lipinski definition) is 2. The normalized spacial score (nSPS) is 16.2. The summed E-state index contributed by atoms with van der Waals surface area (Å²) in [5.74, 6) is 0.103. The molecular formula is C11H16N2O. The van der Waals surface area contributed by atoms with Crippen LogP contribution in [0.5, 0.6) is 0 Å². The van der Waals surface area contributed by atoms with Crippen LogP contribution in [-0.4, -0.2) is 17.4 Å². The quantitative estimate of drug-likeness (QED) is 0.389. The Morgan fingerprint density at radius 2 is 2.21 bits per heavy atom. The summed E-state index contributed by atoms with van der Waals surface area (Å²) in [6.07, 6.45) is 8.51. The van der Waals surface area contributed by atoms with Gasteiger partial charge in [-0.05, 0) is 19.3 Å². The number of amides is 1. The Bertz CT molecular complexity index is 249. The van der Waals surface area contributed by atoms with E-state index in [0.29, 0.717) is 13.0 Å². The Balaban J connectivity index is 2.47. The summed E-state index contributed by atoms with van der Waals surface area (Å²) in [6.45, 7) is 4.06. The van der Waals surface area contributed by atoms with Crippen molar-refractivity contribution in [1.29, 1.82) is 5.26 Å². The highest BCUT2D eigenvalue weighted by molar-refractivity contribution is 5.80. The van der Waals surface area contributed by atoms with Crippen LogP contribution in [0.1, 0.15) is 32.1 Å². The fourth-order valence-corrected chi connectivity index (χ4v) is 1.82. The van der Waals surface area contributed by atoms with E-state index in [0.717, 1.165) is 25.7 Å². The monoisotopic (exact) mass is 192 g/mol. The Morgan fingerprint density at radius 3 is 2.71 bits per heavy atom. The second kappa shape index (κ2) is 5.43. The molecule has 0 spiro atoms. The Kier molecular flexibility index (Phi) is 4.18. The fourth-order valence-electron chi connectivity index (χ4n) is 1.82. The minimum atomic E-state index is 0.00634. The van der Waals surface area contributed by atoms with Crippen LogP contribution in [0.15, 0.2) is 12.7 Å². The van der Waals surface area contributed by atoms with Gasteiger partial charge in [0.05, 0.1) is 0 Å².